The number of rotatable bonds is 5. The largest absolute Gasteiger partial charge is 0.497 e. The van der Waals surface area contributed by atoms with E-state index in [0.717, 1.165) is 16.8 Å². The lowest BCUT2D eigenvalue weighted by Gasteiger charge is -2.19. The van der Waals surface area contributed by atoms with E-state index in [1.165, 1.54) is 0 Å². The molecule has 0 saturated carbocycles. The Bertz CT molecular complexity index is 1430. The molecule has 1 aromatic heterocycles. The molecule has 0 bridgehead atoms. The van der Waals surface area contributed by atoms with Gasteiger partial charge in [0.15, 0.2) is 0 Å². The minimum atomic E-state index is -0.375. The first-order valence-electron chi connectivity index (χ1n) is 10.7. The van der Waals surface area contributed by atoms with Gasteiger partial charge >= 0.3 is 0 Å². The van der Waals surface area contributed by atoms with E-state index in [4.69, 9.17) is 16.3 Å². The highest BCUT2D eigenvalue weighted by molar-refractivity contribution is 6.30. The molecule has 0 aliphatic heterocycles. The Morgan fingerprint density at radius 1 is 0.941 bits per heavy atom. The number of methoxy groups -OCH3 is 1. The first-order chi connectivity index (χ1) is 16.3. The highest BCUT2D eigenvalue weighted by atomic mass is 35.5. The highest BCUT2D eigenvalue weighted by Gasteiger charge is 2.21. The summed E-state index contributed by atoms with van der Waals surface area (Å²) in [5.41, 5.74) is 4.35. The zero-order valence-corrected chi connectivity index (χ0v) is 20.1. The van der Waals surface area contributed by atoms with Crippen LogP contribution in [0.5, 0.6) is 5.75 Å². The summed E-state index contributed by atoms with van der Waals surface area (Å²) >= 11 is 6.08. The number of hydrogen-bond donors (Lipinski definition) is 1. The molecule has 1 heterocycles. The number of amides is 1. The molecule has 4 rings (SSSR count). The van der Waals surface area contributed by atoms with Crippen LogP contribution in [0.2, 0.25) is 5.02 Å². The van der Waals surface area contributed by atoms with Crippen LogP contribution in [0.25, 0.3) is 16.8 Å². The molecule has 0 aliphatic carbocycles. The third-order valence-corrected chi connectivity index (χ3v) is 5.96. The normalized spacial score (nSPS) is 10.7. The zero-order chi connectivity index (χ0) is 24.4. The van der Waals surface area contributed by atoms with Crippen molar-refractivity contribution in [2.75, 3.05) is 12.4 Å². The molecule has 1 N–H and O–H groups in total. The molecular formula is C27H24ClN3O3. The van der Waals surface area contributed by atoms with E-state index in [-0.39, 0.29) is 17.2 Å². The summed E-state index contributed by atoms with van der Waals surface area (Å²) in [7, 11) is 1.56. The van der Waals surface area contributed by atoms with E-state index in [9.17, 15) is 9.59 Å². The number of carbonyl (C=O) groups is 1. The molecular weight excluding hydrogens is 450 g/mol. The molecule has 0 unspecified atom stereocenters. The number of aryl methyl sites for hydroxylation is 3. The summed E-state index contributed by atoms with van der Waals surface area (Å²) in [5, 5.41) is 8.02. The molecule has 0 atom stereocenters. The van der Waals surface area contributed by atoms with E-state index in [2.05, 4.69) is 10.4 Å². The molecule has 1 amide bonds. The van der Waals surface area contributed by atoms with E-state index >= 15 is 0 Å². The molecule has 172 valence electrons. The van der Waals surface area contributed by atoms with Gasteiger partial charge in [0.25, 0.3) is 5.91 Å². The van der Waals surface area contributed by atoms with Gasteiger partial charge in [-0.15, -0.1) is 0 Å². The summed E-state index contributed by atoms with van der Waals surface area (Å²) in [6.07, 6.45) is 0. The van der Waals surface area contributed by atoms with Gasteiger partial charge in [-0.2, -0.15) is 5.10 Å². The molecule has 4 aromatic rings. The standard InChI is InChI=1S/C27H24ClN3O3/c1-16-5-12-22(15-17(16)2)31-26(29-27(33)20-8-13-23(34-4)14-9-20)24(25(32)18(3)30-31)19-6-10-21(28)11-7-19/h5-15H,1-4H3,(H,29,33). The van der Waals surface area contributed by atoms with E-state index in [1.807, 2.05) is 32.0 Å². The Hall–Kier alpha value is -3.90. The fourth-order valence-electron chi connectivity index (χ4n) is 3.61. The lowest BCUT2D eigenvalue weighted by molar-refractivity contribution is 0.102. The van der Waals surface area contributed by atoms with Crippen LogP contribution in [0.1, 0.15) is 27.2 Å². The van der Waals surface area contributed by atoms with Crippen molar-refractivity contribution >= 4 is 23.3 Å². The Labute approximate surface area is 202 Å². The monoisotopic (exact) mass is 473 g/mol. The fourth-order valence-corrected chi connectivity index (χ4v) is 3.73. The van der Waals surface area contributed by atoms with Crippen molar-refractivity contribution in [1.29, 1.82) is 0 Å². The topological polar surface area (TPSA) is 73.2 Å². The van der Waals surface area contributed by atoms with E-state index < -0.39 is 0 Å². The lowest BCUT2D eigenvalue weighted by atomic mass is 10.0. The Kier molecular flexibility index (Phi) is 6.52. The summed E-state index contributed by atoms with van der Waals surface area (Å²) in [5.74, 6) is 0.546. The van der Waals surface area contributed by atoms with E-state index in [1.54, 1.807) is 67.2 Å². The summed E-state index contributed by atoms with van der Waals surface area (Å²) in [6.45, 7) is 5.69. The van der Waals surface area contributed by atoms with Gasteiger partial charge in [-0.3, -0.25) is 9.59 Å². The number of nitrogens with one attached hydrogen (secondary N) is 1. The van der Waals surface area contributed by atoms with Gasteiger partial charge in [0, 0.05) is 10.6 Å². The van der Waals surface area contributed by atoms with Gasteiger partial charge in [0.1, 0.15) is 17.3 Å². The van der Waals surface area contributed by atoms with Gasteiger partial charge in [-0.05, 0) is 86.0 Å². The number of halogens is 1. The van der Waals surface area contributed by atoms with Crippen LogP contribution in [-0.4, -0.2) is 22.8 Å². The van der Waals surface area contributed by atoms with Crippen molar-refractivity contribution < 1.29 is 9.53 Å². The molecule has 0 aliphatic rings. The predicted molar refractivity (Wildman–Crippen MR) is 135 cm³/mol. The molecule has 34 heavy (non-hydrogen) atoms. The average molecular weight is 474 g/mol. The SMILES string of the molecule is COc1ccc(C(=O)Nc2c(-c3ccc(Cl)cc3)c(=O)c(C)nn2-c2ccc(C)c(C)c2)cc1. The number of hydrogen-bond acceptors (Lipinski definition) is 4. The first-order valence-corrected chi connectivity index (χ1v) is 11.1. The maximum atomic E-state index is 13.3. The van der Waals surface area contributed by atoms with Crippen molar-refractivity contribution in [3.63, 3.8) is 0 Å². The van der Waals surface area contributed by atoms with Crippen LogP contribution in [0.3, 0.4) is 0 Å². The van der Waals surface area contributed by atoms with Gasteiger partial charge < -0.3 is 10.1 Å². The maximum Gasteiger partial charge on any atom is 0.256 e. The molecule has 6 nitrogen and oxygen atoms in total. The zero-order valence-electron chi connectivity index (χ0n) is 19.3. The number of ether oxygens (including phenoxy) is 1. The number of aromatic nitrogens is 2. The van der Waals surface area contributed by atoms with Gasteiger partial charge in [0.2, 0.25) is 5.43 Å². The van der Waals surface area contributed by atoms with Crippen molar-refractivity contribution in [3.8, 4) is 22.6 Å². The third-order valence-electron chi connectivity index (χ3n) is 5.71. The Morgan fingerprint density at radius 3 is 2.24 bits per heavy atom. The van der Waals surface area contributed by atoms with E-state index in [0.29, 0.717) is 33.2 Å². The van der Waals surface area contributed by atoms with Crippen molar-refractivity contribution in [1.82, 2.24) is 9.78 Å². The second-order valence-electron chi connectivity index (χ2n) is 8.01. The van der Waals surface area contributed by atoms with Crippen LogP contribution >= 0.6 is 11.6 Å². The van der Waals surface area contributed by atoms with Gasteiger partial charge in [0.05, 0.1) is 18.4 Å². The summed E-state index contributed by atoms with van der Waals surface area (Å²) in [6, 6.07) is 19.5. The first kappa shape index (κ1) is 23.3. The van der Waals surface area contributed by atoms with Crippen LogP contribution in [0.15, 0.2) is 71.5 Å². The van der Waals surface area contributed by atoms with Crippen molar-refractivity contribution in [3.05, 3.63) is 104 Å². The Balaban J connectivity index is 1.93. The van der Waals surface area contributed by atoms with Crippen molar-refractivity contribution in [2.45, 2.75) is 20.8 Å². The maximum absolute atomic E-state index is 13.3. The number of carbonyl (C=O) groups excluding carboxylic acids is 1. The molecule has 0 radical (unpaired) electrons. The Morgan fingerprint density at radius 2 is 1.62 bits per heavy atom. The molecule has 3 aromatic carbocycles. The number of anilines is 1. The number of benzene rings is 3. The fraction of sp³-hybridized carbons (Fsp3) is 0.148. The van der Waals surface area contributed by atoms with Gasteiger partial charge in [-0.1, -0.05) is 29.8 Å². The minimum Gasteiger partial charge on any atom is -0.497 e. The average Bonchev–Trinajstić information content (AvgIpc) is 2.84. The quantitative estimate of drug-likeness (QED) is 0.401. The molecule has 0 saturated heterocycles. The minimum absolute atomic E-state index is 0.271. The molecule has 0 fully saturated rings. The van der Waals surface area contributed by atoms with Crippen LogP contribution in [-0.2, 0) is 0 Å². The second-order valence-corrected chi connectivity index (χ2v) is 8.44. The lowest BCUT2D eigenvalue weighted by Crippen LogP contribution is -2.25. The summed E-state index contributed by atoms with van der Waals surface area (Å²) in [4.78, 5) is 26.5. The smallest absolute Gasteiger partial charge is 0.256 e. The predicted octanol–water partition coefficient (Wildman–Crippen LogP) is 5.74. The second kappa shape index (κ2) is 9.53. The molecule has 0 spiro atoms. The third kappa shape index (κ3) is 4.58. The summed E-state index contributed by atoms with van der Waals surface area (Å²) < 4.78 is 6.79. The van der Waals surface area contributed by atoms with Crippen LogP contribution in [0.4, 0.5) is 5.82 Å². The molecule has 7 heteroatoms. The van der Waals surface area contributed by atoms with Crippen LogP contribution < -0.4 is 15.5 Å². The number of nitrogens with zero attached hydrogens (tertiary/aromatic N) is 2. The van der Waals surface area contributed by atoms with Crippen LogP contribution in [0, 0.1) is 20.8 Å². The van der Waals surface area contributed by atoms with Crippen molar-refractivity contribution in [2.24, 2.45) is 0 Å². The highest BCUT2D eigenvalue weighted by Crippen LogP contribution is 2.29. The van der Waals surface area contributed by atoms with Gasteiger partial charge in [-0.25, -0.2) is 4.68 Å².